The Bertz CT molecular complexity index is 805. The summed E-state index contributed by atoms with van der Waals surface area (Å²) in [7, 11) is 4.08. The molecule has 1 N–H and O–H groups in total. The standard InChI is InChI=1S/C19H21N3O/c1-22(2)12-13-23-16-7-5-6-15(14-16)10-11-19-17-8-3-4-9-18(17)20-21-19/h3-11,14H,12-13H2,1-2H3,(H,20,21). The van der Waals surface area contributed by atoms with Crippen molar-refractivity contribution in [3.63, 3.8) is 0 Å². The van der Waals surface area contributed by atoms with Crippen molar-refractivity contribution in [2.24, 2.45) is 0 Å². The van der Waals surface area contributed by atoms with Crippen molar-refractivity contribution >= 4 is 23.1 Å². The fourth-order valence-electron chi connectivity index (χ4n) is 2.34. The summed E-state index contributed by atoms with van der Waals surface area (Å²) in [5.41, 5.74) is 3.09. The highest BCUT2D eigenvalue weighted by Gasteiger charge is 2.01. The smallest absolute Gasteiger partial charge is 0.119 e. The summed E-state index contributed by atoms with van der Waals surface area (Å²) in [6, 6.07) is 16.2. The molecule has 1 aromatic heterocycles. The number of H-pyrrole nitrogens is 1. The van der Waals surface area contributed by atoms with Gasteiger partial charge in [0.15, 0.2) is 0 Å². The van der Waals surface area contributed by atoms with Gasteiger partial charge in [-0.25, -0.2) is 0 Å². The molecule has 0 aliphatic heterocycles. The van der Waals surface area contributed by atoms with Crippen LogP contribution in [0.1, 0.15) is 11.3 Å². The van der Waals surface area contributed by atoms with Crippen LogP contribution >= 0.6 is 0 Å². The van der Waals surface area contributed by atoms with Crippen molar-refractivity contribution in [1.29, 1.82) is 0 Å². The van der Waals surface area contributed by atoms with E-state index >= 15 is 0 Å². The highest BCUT2D eigenvalue weighted by Crippen LogP contribution is 2.19. The van der Waals surface area contributed by atoms with E-state index in [1.807, 2.05) is 56.6 Å². The van der Waals surface area contributed by atoms with Crippen molar-refractivity contribution < 1.29 is 4.74 Å². The summed E-state index contributed by atoms with van der Waals surface area (Å²) in [5.74, 6) is 0.890. The van der Waals surface area contributed by atoms with Crippen molar-refractivity contribution in [3.8, 4) is 5.75 Å². The molecule has 0 amide bonds. The van der Waals surface area contributed by atoms with E-state index in [2.05, 4.69) is 33.3 Å². The summed E-state index contributed by atoms with van der Waals surface area (Å²) in [6.07, 6.45) is 4.08. The Labute approximate surface area is 136 Å². The molecule has 118 valence electrons. The molecule has 0 aliphatic carbocycles. The van der Waals surface area contributed by atoms with Gasteiger partial charge >= 0.3 is 0 Å². The third-order valence-corrected chi connectivity index (χ3v) is 3.60. The minimum atomic E-state index is 0.685. The molecule has 4 nitrogen and oxygen atoms in total. The number of aromatic nitrogens is 2. The molecule has 0 unspecified atom stereocenters. The number of benzene rings is 2. The van der Waals surface area contributed by atoms with Gasteiger partial charge in [-0.2, -0.15) is 5.10 Å². The molecule has 1 heterocycles. The van der Waals surface area contributed by atoms with Crippen LogP contribution in [-0.2, 0) is 0 Å². The number of hydrogen-bond acceptors (Lipinski definition) is 3. The number of ether oxygens (including phenoxy) is 1. The zero-order valence-corrected chi connectivity index (χ0v) is 13.5. The van der Waals surface area contributed by atoms with Crippen LogP contribution in [0, 0.1) is 0 Å². The molecule has 23 heavy (non-hydrogen) atoms. The van der Waals surface area contributed by atoms with E-state index in [1.165, 1.54) is 0 Å². The molecule has 3 rings (SSSR count). The Balaban J connectivity index is 1.72. The number of nitrogens with one attached hydrogen (secondary N) is 1. The second kappa shape index (κ2) is 7.11. The second-order valence-electron chi connectivity index (χ2n) is 5.71. The topological polar surface area (TPSA) is 41.1 Å². The largest absolute Gasteiger partial charge is 0.492 e. The summed E-state index contributed by atoms with van der Waals surface area (Å²) in [5, 5.41) is 8.52. The third kappa shape index (κ3) is 3.99. The molecule has 0 aliphatic rings. The van der Waals surface area contributed by atoms with Gasteiger partial charge in [0.05, 0.1) is 11.2 Å². The SMILES string of the molecule is CN(C)CCOc1cccc(C=Cc2n[nH]c3ccccc23)c1. The molecule has 0 saturated carbocycles. The molecular formula is C19H21N3O. The van der Waals surface area contributed by atoms with Crippen molar-refractivity contribution in [1.82, 2.24) is 15.1 Å². The maximum atomic E-state index is 5.77. The first-order valence-electron chi connectivity index (χ1n) is 7.71. The minimum Gasteiger partial charge on any atom is -0.492 e. The molecule has 2 aromatic carbocycles. The third-order valence-electron chi connectivity index (χ3n) is 3.60. The van der Waals surface area contributed by atoms with Crippen LogP contribution in [0.15, 0.2) is 48.5 Å². The van der Waals surface area contributed by atoms with Gasteiger partial charge in [-0.05, 0) is 43.9 Å². The van der Waals surface area contributed by atoms with E-state index in [0.717, 1.165) is 34.5 Å². The number of likely N-dealkylation sites (N-methyl/N-ethyl adjacent to an activating group) is 1. The first kappa shape index (κ1) is 15.3. The lowest BCUT2D eigenvalue weighted by Crippen LogP contribution is -2.19. The summed E-state index contributed by atoms with van der Waals surface area (Å²) < 4.78 is 5.77. The lowest BCUT2D eigenvalue weighted by molar-refractivity contribution is 0.261. The Morgan fingerprint density at radius 1 is 1.09 bits per heavy atom. The molecular weight excluding hydrogens is 286 g/mol. The van der Waals surface area contributed by atoms with Crippen LogP contribution in [0.25, 0.3) is 23.1 Å². The zero-order chi connectivity index (χ0) is 16.1. The molecule has 3 aromatic rings. The minimum absolute atomic E-state index is 0.685. The van der Waals surface area contributed by atoms with Gasteiger partial charge in [0.2, 0.25) is 0 Å². The monoisotopic (exact) mass is 307 g/mol. The van der Waals surface area contributed by atoms with Crippen LogP contribution in [0.4, 0.5) is 0 Å². The summed E-state index contributed by atoms with van der Waals surface area (Å²) in [4.78, 5) is 2.10. The van der Waals surface area contributed by atoms with E-state index in [-0.39, 0.29) is 0 Å². The Morgan fingerprint density at radius 2 is 1.96 bits per heavy atom. The second-order valence-corrected chi connectivity index (χ2v) is 5.71. The molecule has 0 atom stereocenters. The van der Waals surface area contributed by atoms with E-state index < -0.39 is 0 Å². The van der Waals surface area contributed by atoms with Gasteiger partial charge in [-0.3, -0.25) is 5.10 Å². The fraction of sp³-hybridized carbons (Fsp3) is 0.211. The van der Waals surface area contributed by atoms with E-state index in [0.29, 0.717) is 6.61 Å². The van der Waals surface area contributed by atoms with Gasteiger partial charge in [-0.1, -0.05) is 36.4 Å². The van der Waals surface area contributed by atoms with Gasteiger partial charge in [-0.15, -0.1) is 0 Å². The van der Waals surface area contributed by atoms with Crippen molar-refractivity contribution in [3.05, 3.63) is 59.8 Å². The van der Waals surface area contributed by atoms with Crippen LogP contribution in [0.2, 0.25) is 0 Å². The predicted molar refractivity (Wildman–Crippen MR) is 95.5 cm³/mol. The van der Waals surface area contributed by atoms with Gasteiger partial charge in [0.1, 0.15) is 12.4 Å². The number of nitrogens with zero attached hydrogens (tertiary/aromatic N) is 2. The molecule has 0 radical (unpaired) electrons. The highest BCUT2D eigenvalue weighted by molar-refractivity contribution is 5.89. The lowest BCUT2D eigenvalue weighted by atomic mass is 10.1. The Hall–Kier alpha value is -2.59. The fourth-order valence-corrected chi connectivity index (χ4v) is 2.34. The van der Waals surface area contributed by atoms with Crippen LogP contribution in [0.5, 0.6) is 5.75 Å². The highest BCUT2D eigenvalue weighted by atomic mass is 16.5. The van der Waals surface area contributed by atoms with Crippen LogP contribution in [0.3, 0.4) is 0 Å². The molecule has 0 spiro atoms. The number of aromatic amines is 1. The normalized spacial score (nSPS) is 11.6. The van der Waals surface area contributed by atoms with E-state index in [4.69, 9.17) is 4.74 Å². The average molecular weight is 307 g/mol. The van der Waals surface area contributed by atoms with Gasteiger partial charge in [0, 0.05) is 11.9 Å². The number of fused-ring (bicyclic) bond motifs is 1. The maximum absolute atomic E-state index is 5.77. The van der Waals surface area contributed by atoms with Crippen LogP contribution in [-0.4, -0.2) is 42.3 Å². The van der Waals surface area contributed by atoms with E-state index in [1.54, 1.807) is 0 Å². The number of para-hydroxylation sites is 1. The predicted octanol–water partition coefficient (Wildman–Crippen LogP) is 3.67. The van der Waals surface area contributed by atoms with Gasteiger partial charge in [0.25, 0.3) is 0 Å². The number of rotatable bonds is 6. The van der Waals surface area contributed by atoms with Gasteiger partial charge < -0.3 is 9.64 Å². The summed E-state index contributed by atoms with van der Waals surface area (Å²) in [6.45, 7) is 1.59. The van der Waals surface area contributed by atoms with Crippen molar-refractivity contribution in [2.45, 2.75) is 0 Å². The first-order chi connectivity index (χ1) is 11.2. The molecule has 0 fully saturated rings. The molecule has 0 saturated heterocycles. The quantitative estimate of drug-likeness (QED) is 0.755. The Morgan fingerprint density at radius 3 is 2.83 bits per heavy atom. The Kier molecular flexibility index (Phi) is 4.74. The average Bonchev–Trinajstić information content (AvgIpc) is 2.96. The summed E-state index contributed by atoms with van der Waals surface area (Å²) >= 11 is 0. The molecule has 4 heteroatoms. The zero-order valence-electron chi connectivity index (χ0n) is 13.5. The van der Waals surface area contributed by atoms with E-state index in [9.17, 15) is 0 Å². The molecule has 0 bridgehead atoms. The first-order valence-corrected chi connectivity index (χ1v) is 7.71. The maximum Gasteiger partial charge on any atom is 0.119 e. The number of hydrogen-bond donors (Lipinski definition) is 1. The lowest BCUT2D eigenvalue weighted by Gasteiger charge is -2.11. The van der Waals surface area contributed by atoms with Crippen molar-refractivity contribution in [2.75, 3.05) is 27.2 Å². The van der Waals surface area contributed by atoms with Crippen LogP contribution < -0.4 is 4.74 Å².